The summed E-state index contributed by atoms with van der Waals surface area (Å²) in [5.41, 5.74) is 0. The molecule has 35 heavy (non-hydrogen) atoms. The van der Waals surface area contributed by atoms with E-state index in [4.69, 9.17) is 0 Å². The molecule has 0 aliphatic heterocycles. The van der Waals surface area contributed by atoms with Gasteiger partial charge >= 0.3 is 0 Å². The van der Waals surface area contributed by atoms with Gasteiger partial charge in [-0.15, -0.1) is 0 Å². The summed E-state index contributed by atoms with van der Waals surface area (Å²) in [5.74, 6) is 0. The molecule has 0 spiro atoms. The zero-order valence-electron chi connectivity index (χ0n) is 24.6. The van der Waals surface area contributed by atoms with E-state index in [1.54, 1.807) is 0 Å². The Hall–Kier alpha value is -0.120. The van der Waals surface area contributed by atoms with E-state index in [9.17, 15) is 10.2 Å². The molecule has 0 fully saturated rings. The van der Waals surface area contributed by atoms with Gasteiger partial charge in [-0.3, -0.25) is 4.90 Å². The Kier molecular flexibility index (Phi) is 28.4. The van der Waals surface area contributed by atoms with E-state index < -0.39 is 0 Å². The summed E-state index contributed by atoms with van der Waals surface area (Å²) in [7, 11) is 0. The monoisotopic (exact) mass is 498 g/mol. The lowest BCUT2D eigenvalue weighted by Gasteiger charge is -2.27. The molecule has 2 N–H and O–H groups in total. The van der Waals surface area contributed by atoms with Crippen LogP contribution >= 0.6 is 0 Å². The molecule has 0 aromatic carbocycles. The van der Waals surface area contributed by atoms with Crippen molar-refractivity contribution in [2.75, 3.05) is 19.6 Å². The molecule has 0 aliphatic rings. The fraction of sp³-hybridized carbons (Fsp3) is 1.00. The lowest BCUT2D eigenvalue weighted by molar-refractivity contribution is 0.0596. The van der Waals surface area contributed by atoms with Crippen molar-refractivity contribution in [1.82, 2.24) is 4.90 Å². The molecule has 2 atom stereocenters. The van der Waals surface area contributed by atoms with Crippen LogP contribution in [-0.4, -0.2) is 47.0 Å². The Morgan fingerprint density at radius 2 is 0.686 bits per heavy atom. The van der Waals surface area contributed by atoms with Crippen molar-refractivity contribution in [3.8, 4) is 0 Å². The molecule has 0 rings (SSSR count). The highest BCUT2D eigenvalue weighted by atomic mass is 16.3. The first-order valence-electron chi connectivity index (χ1n) is 16.2. The second-order valence-corrected chi connectivity index (χ2v) is 11.4. The number of aliphatic hydroxyl groups is 2. The minimum absolute atomic E-state index is 0.245. The number of unbranched alkanes of at least 4 members (excludes halogenated alkanes) is 19. The molecule has 0 radical (unpaired) electrons. The first-order chi connectivity index (χ1) is 17.1. The van der Waals surface area contributed by atoms with Crippen LogP contribution in [-0.2, 0) is 0 Å². The van der Waals surface area contributed by atoms with Crippen molar-refractivity contribution < 1.29 is 10.2 Å². The lowest BCUT2D eigenvalue weighted by Crippen LogP contribution is -2.38. The van der Waals surface area contributed by atoms with Crippen LogP contribution in [0, 0.1) is 0 Å². The topological polar surface area (TPSA) is 43.7 Å². The van der Waals surface area contributed by atoms with Gasteiger partial charge in [0.2, 0.25) is 0 Å². The lowest BCUT2D eigenvalue weighted by atomic mass is 10.0. The van der Waals surface area contributed by atoms with E-state index in [0.29, 0.717) is 0 Å². The average molecular weight is 498 g/mol. The highest BCUT2D eigenvalue weighted by molar-refractivity contribution is 4.70. The van der Waals surface area contributed by atoms with Gasteiger partial charge in [0.05, 0.1) is 12.2 Å². The number of hydrogen-bond donors (Lipinski definition) is 2. The predicted octanol–water partition coefficient (Wildman–Crippen LogP) is 9.43. The van der Waals surface area contributed by atoms with Crippen molar-refractivity contribution in [2.45, 2.75) is 187 Å². The van der Waals surface area contributed by atoms with Crippen molar-refractivity contribution in [3.05, 3.63) is 0 Å². The third kappa shape index (κ3) is 26.7. The van der Waals surface area contributed by atoms with Crippen molar-refractivity contribution in [2.24, 2.45) is 0 Å². The van der Waals surface area contributed by atoms with Gasteiger partial charge in [-0.25, -0.2) is 0 Å². The minimum atomic E-state index is -0.245. The maximum atomic E-state index is 10.7. The summed E-state index contributed by atoms with van der Waals surface area (Å²) in [6.45, 7) is 9.30. The number of nitrogens with zero attached hydrogens (tertiary/aromatic N) is 1. The van der Waals surface area contributed by atoms with E-state index >= 15 is 0 Å². The summed E-state index contributed by atoms with van der Waals surface area (Å²) < 4.78 is 0. The number of aliphatic hydroxyl groups excluding tert-OH is 2. The maximum Gasteiger partial charge on any atom is 0.0667 e. The Balaban J connectivity index is 4.17. The van der Waals surface area contributed by atoms with Gasteiger partial charge in [0.15, 0.2) is 0 Å². The molecule has 212 valence electrons. The smallest absolute Gasteiger partial charge is 0.0667 e. The molecular weight excluding hydrogens is 430 g/mol. The second kappa shape index (κ2) is 28.5. The van der Waals surface area contributed by atoms with E-state index in [-0.39, 0.29) is 12.2 Å². The molecule has 0 aromatic rings. The summed E-state index contributed by atoms with van der Waals surface area (Å²) in [4.78, 5) is 2.37. The molecule has 2 unspecified atom stereocenters. The van der Waals surface area contributed by atoms with Gasteiger partial charge in [-0.2, -0.15) is 0 Å². The Morgan fingerprint density at radius 3 is 1.03 bits per heavy atom. The maximum absolute atomic E-state index is 10.7. The van der Waals surface area contributed by atoms with Crippen LogP contribution in [0.4, 0.5) is 0 Å². The standard InChI is InChI=1S/C32H67NO2/c1-4-7-10-13-16-17-18-19-22-25-28-33(29-31(34)26-23-20-14-11-8-5-2)30-32(35)27-24-21-15-12-9-6-3/h31-32,34-35H,4-30H2,1-3H3. The zero-order chi connectivity index (χ0) is 25.8. The first kappa shape index (κ1) is 34.9. The SMILES string of the molecule is CCCCCCCCCCCCN(CC(O)CCCCCCCC)CC(O)CCCCCCCC. The van der Waals surface area contributed by atoms with Gasteiger partial charge in [0.1, 0.15) is 0 Å². The minimum Gasteiger partial charge on any atom is -0.392 e. The molecule has 0 aliphatic carbocycles. The number of hydrogen-bond acceptors (Lipinski definition) is 3. The van der Waals surface area contributed by atoms with Gasteiger partial charge in [-0.05, 0) is 25.8 Å². The Morgan fingerprint density at radius 1 is 0.400 bits per heavy atom. The zero-order valence-corrected chi connectivity index (χ0v) is 24.6. The molecule has 3 nitrogen and oxygen atoms in total. The second-order valence-electron chi connectivity index (χ2n) is 11.4. The van der Waals surface area contributed by atoms with Crippen LogP contribution in [0.2, 0.25) is 0 Å². The average Bonchev–Trinajstić information content (AvgIpc) is 2.84. The highest BCUT2D eigenvalue weighted by Gasteiger charge is 2.15. The van der Waals surface area contributed by atoms with Crippen molar-refractivity contribution >= 4 is 0 Å². The highest BCUT2D eigenvalue weighted by Crippen LogP contribution is 2.14. The van der Waals surface area contributed by atoms with E-state index in [0.717, 1.165) is 45.3 Å². The summed E-state index contributed by atoms with van der Waals surface area (Å²) in [6, 6.07) is 0. The van der Waals surface area contributed by atoms with Crippen molar-refractivity contribution in [1.29, 1.82) is 0 Å². The molecule has 0 aromatic heterocycles. The first-order valence-corrected chi connectivity index (χ1v) is 16.2. The summed E-state index contributed by atoms with van der Waals surface area (Å²) >= 11 is 0. The molecular formula is C32H67NO2. The molecule has 0 bridgehead atoms. The van der Waals surface area contributed by atoms with Crippen LogP contribution in [0.3, 0.4) is 0 Å². The van der Waals surface area contributed by atoms with Gasteiger partial charge < -0.3 is 10.2 Å². The van der Waals surface area contributed by atoms with Crippen LogP contribution in [0.5, 0.6) is 0 Å². The summed E-state index contributed by atoms with van der Waals surface area (Å²) in [5, 5.41) is 21.3. The van der Waals surface area contributed by atoms with E-state index in [2.05, 4.69) is 25.7 Å². The Labute approximate surface area is 221 Å². The Bertz CT molecular complexity index is 366. The molecule has 0 heterocycles. The van der Waals surface area contributed by atoms with E-state index in [1.807, 2.05) is 0 Å². The number of rotatable bonds is 29. The molecule has 0 saturated heterocycles. The van der Waals surface area contributed by atoms with Crippen LogP contribution < -0.4 is 0 Å². The third-order valence-corrected chi connectivity index (χ3v) is 7.55. The van der Waals surface area contributed by atoms with Gasteiger partial charge in [0.25, 0.3) is 0 Å². The van der Waals surface area contributed by atoms with Crippen molar-refractivity contribution in [3.63, 3.8) is 0 Å². The summed E-state index contributed by atoms with van der Waals surface area (Å²) in [6.07, 6.45) is 30.2. The molecule has 0 amide bonds. The third-order valence-electron chi connectivity index (χ3n) is 7.55. The van der Waals surface area contributed by atoms with Crippen LogP contribution in [0.1, 0.15) is 175 Å². The van der Waals surface area contributed by atoms with Crippen LogP contribution in [0.25, 0.3) is 0 Å². The van der Waals surface area contributed by atoms with Crippen LogP contribution in [0.15, 0.2) is 0 Å². The predicted molar refractivity (Wildman–Crippen MR) is 156 cm³/mol. The normalized spacial score (nSPS) is 13.5. The van der Waals surface area contributed by atoms with Gasteiger partial charge in [0, 0.05) is 13.1 Å². The quantitative estimate of drug-likeness (QED) is 0.101. The molecule has 3 heteroatoms. The van der Waals surface area contributed by atoms with Gasteiger partial charge in [-0.1, -0.05) is 156 Å². The van der Waals surface area contributed by atoms with E-state index in [1.165, 1.54) is 128 Å². The molecule has 0 saturated carbocycles. The largest absolute Gasteiger partial charge is 0.392 e. The fourth-order valence-electron chi connectivity index (χ4n) is 5.18. The fourth-order valence-corrected chi connectivity index (χ4v) is 5.18.